The topological polar surface area (TPSA) is 71.4 Å². The van der Waals surface area contributed by atoms with E-state index in [0.29, 0.717) is 0 Å². The molecule has 0 heterocycles. The van der Waals surface area contributed by atoms with E-state index in [0.717, 1.165) is 12.1 Å². The molecule has 0 atom stereocenters. The number of carbonyl (C=O) groups is 1. The third-order valence-electron chi connectivity index (χ3n) is 1.40. The zero-order valence-corrected chi connectivity index (χ0v) is 8.05. The highest BCUT2D eigenvalue weighted by molar-refractivity contribution is 7.97. The van der Waals surface area contributed by atoms with Gasteiger partial charge in [-0.2, -0.15) is 8.42 Å². The summed E-state index contributed by atoms with van der Waals surface area (Å²) in [6, 6.07) is 4.83. The van der Waals surface area contributed by atoms with E-state index in [1.807, 2.05) is 0 Å². The van der Waals surface area contributed by atoms with Crippen molar-refractivity contribution >= 4 is 27.9 Å². The summed E-state index contributed by atoms with van der Waals surface area (Å²) in [4.78, 5) is 10.4. The van der Waals surface area contributed by atoms with Crippen molar-refractivity contribution in [3.05, 3.63) is 29.8 Å². The van der Waals surface area contributed by atoms with Crippen molar-refractivity contribution in [2.75, 3.05) is 0 Å². The van der Waals surface area contributed by atoms with Gasteiger partial charge in [0.2, 0.25) is 5.12 Å². The molecule has 0 saturated carbocycles. The van der Waals surface area contributed by atoms with Crippen molar-refractivity contribution in [2.45, 2.75) is 4.90 Å². The first-order chi connectivity index (χ1) is 5.91. The highest BCUT2D eigenvalue weighted by Gasteiger charge is 2.09. The summed E-state index contributed by atoms with van der Waals surface area (Å²) in [5.74, 6) is 0. The molecule has 1 aromatic carbocycles. The molecular formula is C7H6O4S2. The Morgan fingerprint density at radius 1 is 1.23 bits per heavy atom. The van der Waals surface area contributed by atoms with Gasteiger partial charge in [-0.05, 0) is 24.3 Å². The lowest BCUT2D eigenvalue weighted by Crippen LogP contribution is -1.98. The van der Waals surface area contributed by atoms with Crippen LogP contribution in [0, 0.1) is 0 Å². The molecule has 0 bridgehead atoms. The molecule has 1 aromatic rings. The fourth-order valence-corrected chi connectivity index (χ4v) is 1.40. The second-order valence-electron chi connectivity index (χ2n) is 2.30. The molecule has 0 fully saturated rings. The van der Waals surface area contributed by atoms with Gasteiger partial charge in [-0.25, -0.2) is 0 Å². The molecule has 0 unspecified atom stereocenters. The summed E-state index contributed by atoms with van der Waals surface area (Å²) in [7, 11) is -4.18. The van der Waals surface area contributed by atoms with E-state index >= 15 is 0 Å². The van der Waals surface area contributed by atoms with Gasteiger partial charge in [0.1, 0.15) is 0 Å². The van der Waals surface area contributed by atoms with Crippen LogP contribution in [-0.2, 0) is 10.1 Å². The Labute approximate surface area is 80.7 Å². The predicted octanol–water partition coefficient (Wildman–Crippen LogP) is 1.00. The number of hydrogen-bond acceptors (Lipinski definition) is 3. The van der Waals surface area contributed by atoms with Crippen LogP contribution in [0.25, 0.3) is 0 Å². The lowest BCUT2D eigenvalue weighted by atomic mass is 10.2. The Morgan fingerprint density at radius 2 is 1.69 bits per heavy atom. The minimum Gasteiger partial charge on any atom is -0.282 e. The lowest BCUT2D eigenvalue weighted by molar-refractivity contribution is 0.109. The molecular weight excluding hydrogens is 212 g/mol. The summed E-state index contributed by atoms with van der Waals surface area (Å²) < 4.78 is 29.7. The van der Waals surface area contributed by atoms with E-state index in [-0.39, 0.29) is 10.5 Å². The molecule has 0 aromatic heterocycles. The van der Waals surface area contributed by atoms with E-state index < -0.39 is 15.2 Å². The number of rotatable bonds is 2. The van der Waals surface area contributed by atoms with Crippen LogP contribution < -0.4 is 0 Å². The third kappa shape index (κ3) is 2.55. The number of hydrogen-bond donors (Lipinski definition) is 2. The van der Waals surface area contributed by atoms with Gasteiger partial charge >= 0.3 is 0 Å². The molecule has 0 spiro atoms. The van der Waals surface area contributed by atoms with Crippen molar-refractivity contribution in [3.8, 4) is 0 Å². The molecule has 0 radical (unpaired) electrons. The molecule has 0 amide bonds. The zero-order valence-electron chi connectivity index (χ0n) is 6.34. The van der Waals surface area contributed by atoms with Crippen LogP contribution in [0.3, 0.4) is 0 Å². The molecule has 70 valence electrons. The van der Waals surface area contributed by atoms with Crippen molar-refractivity contribution in [1.82, 2.24) is 0 Å². The summed E-state index contributed by atoms with van der Waals surface area (Å²) in [6.07, 6.45) is 0. The maximum Gasteiger partial charge on any atom is 0.294 e. The van der Waals surface area contributed by atoms with Gasteiger partial charge in [0.25, 0.3) is 10.1 Å². The Bertz CT molecular complexity index is 418. The fraction of sp³-hybridized carbons (Fsp3) is 0. The predicted molar refractivity (Wildman–Crippen MR) is 49.6 cm³/mol. The van der Waals surface area contributed by atoms with E-state index in [9.17, 15) is 13.2 Å². The van der Waals surface area contributed by atoms with Crippen LogP contribution >= 0.6 is 12.6 Å². The van der Waals surface area contributed by atoms with E-state index in [2.05, 4.69) is 12.6 Å². The van der Waals surface area contributed by atoms with Crippen LogP contribution in [-0.4, -0.2) is 18.1 Å². The average molecular weight is 218 g/mol. The highest BCUT2D eigenvalue weighted by atomic mass is 32.2. The Morgan fingerprint density at radius 3 is 2.00 bits per heavy atom. The van der Waals surface area contributed by atoms with Crippen LogP contribution in [0.1, 0.15) is 10.4 Å². The third-order valence-corrected chi connectivity index (χ3v) is 2.53. The van der Waals surface area contributed by atoms with Gasteiger partial charge in [0, 0.05) is 5.56 Å². The smallest absolute Gasteiger partial charge is 0.282 e. The maximum atomic E-state index is 10.7. The Hall–Kier alpha value is -0.850. The van der Waals surface area contributed by atoms with Crippen LogP contribution in [0.5, 0.6) is 0 Å². The van der Waals surface area contributed by atoms with Crippen molar-refractivity contribution in [3.63, 3.8) is 0 Å². The van der Waals surface area contributed by atoms with E-state index in [1.54, 1.807) is 0 Å². The molecule has 4 nitrogen and oxygen atoms in total. The number of carbonyl (C=O) groups excluding carboxylic acids is 1. The quantitative estimate of drug-likeness (QED) is 0.574. The summed E-state index contributed by atoms with van der Waals surface area (Å²) in [5, 5.41) is -0.457. The molecule has 6 heteroatoms. The molecule has 1 N–H and O–H groups in total. The first-order valence-corrected chi connectivity index (χ1v) is 5.11. The second-order valence-corrected chi connectivity index (χ2v) is 4.13. The van der Waals surface area contributed by atoms with Crippen LogP contribution in [0.2, 0.25) is 0 Å². The number of benzene rings is 1. The molecule has 0 aliphatic carbocycles. The zero-order chi connectivity index (χ0) is 10.1. The monoisotopic (exact) mass is 218 g/mol. The van der Waals surface area contributed by atoms with Crippen LogP contribution in [0.15, 0.2) is 29.2 Å². The Kier molecular flexibility index (Phi) is 2.74. The van der Waals surface area contributed by atoms with Gasteiger partial charge in [-0.15, -0.1) is 12.6 Å². The van der Waals surface area contributed by atoms with Gasteiger partial charge in [-0.1, -0.05) is 0 Å². The average Bonchev–Trinajstić information content (AvgIpc) is 2.03. The van der Waals surface area contributed by atoms with Crippen molar-refractivity contribution in [1.29, 1.82) is 0 Å². The molecule has 0 aliphatic heterocycles. The van der Waals surface area contributed by atoms with Gasteiger partial charge in [-0.3, -0.25) is 9.35 Å². The summed E-state index contributed by atoms with van der Waals surface area (Å²) in [6.45, 7) is 0. The largest absolute Gasteiger partial charge is 0.294 e. The maximum absolute atomic E-state index is 10.7. The normalized spacial score (nSPS) is 11.2. The van der Waals surface area contributed by atoms with Gasteiger partial charge in [0.05, 0.1) is 4.90 Å². The lowest BCUT2D eigenvalue weighted by Gasteiger charge is -1.97. The SMILES string of the molecule is O=C(S)c1ccc(S(=O)(=O)O)cc1. The van der Waals surface area contributed by atoms with Crippen LogP contribution in [0.4, 0.5) is 0 Å². The van der Waals surface area contributed by atoms with Gasteiger partial charge < -0.3 is 0 Å². The molecule has 0 saturated heterocycles. The van der Waals surface area contributed by atoms with Crippen molar-refractivity contribution in [2.24, 2.45) is 0 Å². The molecule has 1 rings (SSSR count). The second kappa shape index (κ2) is 3.49. The first-order valence-electron chi connectivity index (χ1n) is 3.22. The number of thiol groups is 1. The highest BCUT2D eigenvalue weighted by Crippen LogP contribution is 2.11. The molecule has 0 aliphatic rings. The fourth-order valence-electron chi connectivity index (χ4n) is 0.769. The van der Waals surface area contributed by atoms with Crippen molar-refractivity contribution < 1.29 is 17.8 Å². The minimum absolute atomic E-state index is 0.245. The summed E-state index contributed by atoms with van der Waals surface area (Å²) >= 11 is 3.54. The first kappa shape index (κ1) is 10.2. The van der Waals surface area contributed by atoms with E-state index in [1.165, 1.54) is 12.1 Å². The van der Waals surface area contributed by atoms with E-state index in [4.69, 9.17) is 4.55 Å². The molecule has 13 heavy (non-hydrogen) atoms. The minimum atomic E-state index is -4.18. The van der Waals surface area contributed by atoms with Gasteiger partial charge in [0.15, 0.2) is 0 Å². The standard InChI is InChI=1S/C7H6O4S2/c8-7(12)5-1-3-6(4-2-5)13(9,10)11/h1-4H,(H,8,12)(H,9,10,11). The summed E-state index contributed by atoms with van der Waals surface area (Å²) in [5.41, 5.74) is 0.274. The Balaban J connectivity index is 3.16.